The lowest BCUT2D eigenvalue weighted by Crippen LogP contribution is -2.44. The summed E-state index contributed by atoms with van der Waals surface area (Å²) < 4.78 is 10.3. The summed E-state index contributed by atoms with van der Waals surface area (Å²) in [4.78, 5) is 48.1. The molecule has 2 rings (SSSR count). The van der Waals surface area contributed by atoms with Crippen LogP contribution in [0.3, 0.4) is 0 Å². The van der Waals surface area contributed by atoms with Crippen molar-refractivity contribution in [2.75, 3.05) is 18.5 Å². The maximum atomic E-state index is 12.3. The first kappa shape index (κ1) is 21.1. The molecule has 1 aliphatic heterocycles. The maximum Gasteiger partial charge on any atom is 0.411 e. The number of carbonyl (C=O) groups excluding carboxylic acids is 3. The van der Waals surface area contributed by atoms with E-state index in [4.69, 9.17) is 9.47 Å². The number of esters is 1. The van der Waals surface area contributed by atoms with Gasteiger partial charge in [0, 0.05) is 12.6 Å². The first-order valence-corrected chi connectivity index (χ1v) is 8.78. The zero-order valence-electron chi connectivity index (χ0n) is 16.0. The van der Waals surface area contributed by atoms with E-state index < -0.39 is 41.1 Å². The molecular weight excluding hydrogens is 370 g/mol. The molecule has 2 amide bonds. The van der Waals surface area contributed by atoms with Crippen LogP contribution in [-0.4, -0.2) is 52.6 Å². The fraction of sp³-hybridized carbons (Fsp3) is 0.500. The van der Waals surface area contributed by atoms with Gasteiger partial charge in [-0.05, 0) is 39.7 Å². The summed E-state index contributed by atoms with van der Waals surface area (Å²) in [5, 5.41) is 13.3. The van der Waals surface area contributed by atoms with E-state index in [2.05, 4.69) is 5.32 Å². The molecule has 0 saturated carbocycles. The third kappa shape index (κ3) is 5.66. The Morgan fingerprint density at radius 3 is 2.61 bits per heavy atom. The van der Waals surface area contributed by atoms with E-state index in [1.165, 1.54) is 29.2 Å². The minimum atomic E-state index is -0.825. The van der Waals surface area contributed by atoms with Crippen molar-refractivity contribution in [2.45, 2.75) is 45.3 Å². The Hall–Kier alpha value is -3.17. The molecule has 1 aromatic rings. The molecule has 10 heteroatoms. The number of likely N-dealkylation sites (tertiary alicyclic amines) is 1. The normalized spacial score (nSPS) is 16.4. The number of hydrogen-bond acceptors (Lipinski definition) is 7. The molecule has 1 atom stereocenters. The molecule has 0 spiro atoms. The molecule has 0 bridgehead atoms. The van der Waals surface area contributed by atoms with Crippen LogP contribution in [0, 0.1) is 10.1 Å². The summed E-state index contributed by atoms with van der Waals surface area (Å²) >= 11 is 0. The Morgan fingerprint density at radius 2 is 1.96 bits per heavy atom. The van der Waals surface area contributed by atoms with Crippen molar-refractivity contribution in [3.63, 3.8) is 0 Å². The first-order valence-electron chi connectivity index (χ1n) is 8.78. The van der Waals surface area contributed by atoms with Crippen LogP contribution in [0.2, 0.25) is 0 Å². The summed E-state index contributed by atoms with van der Waals surface area (Å²) in [6.07, 6.45) is 0.405. The molecule has 1 N–H and O–H groups in total. The van der Waals surface area contributed by atoms with Crippen molar-refractivity contribution in [1.82, 2.24) is 4.90 Å². The van der Waals surface area contributed by atoms with Gasteiger partial charge in [-0.3, -0.25) is 19.8 Å². The van der Waals surface area contributed by atoms with Crippen LogP contribution in [0.1, 0.15) is 33.6 Å². The number of nitrogens with one attached hydrogen (secondary N) is 1. The highest BCUT2D eigenvalue weighted by Crippen LogP contribution is 2.24. The Kier molecular flexibility index (Phi) is 6.55. The van der Waals surface area contributed by atoms with E-state index in [9.17, 15) is 24.5 Å². The summed E-state index contributed by atoms with van der Waals surface area (Å²) in [6, 6.07) is 4.80. The lowest BCUT2D eigenvalue weighted by molar-refractivity contribution is -0.383. The number of nitro benzene ring substituents is 1. The van der Waals surface area contributed by atoms with E-state index in [1.807, 2.05) is 0 Å². The predicted molar refractivity (Wildman–Crippen MR) is 98.6 cm³/mol. The van der Waals surface area contributed by atoms with Crippen molar-refractivity contribution < 1.29 is 28.8 Å². The lowest BCUT2D eigenvalue weighted by atomic mass is 10.2. The van der Waals surface area contributed by atoms with E-state index in [-0.39, 0.29) is 11.4 Å². The Balaban J connectivity index is 1.91. The molecule has 1 aliphatic rings. The number of benzene rings is 1. The number of anilines is 1. The highest BCUT2D eigenvalue weighted by Gasteiger charge is 2.37. The van der Waals surface area contributed by atoms with Gasteiger partial charge in [0.05, 0.1) is 4.92 Å². The molecule has 0 radical (unpaired) electrons. The lowest BCUT2D eigenvalue weighted by Gasteiger charge is -2.27. The largest absolute Gasteiger partial charge is 0.454 e. The van der Waals surface area contributed by atoms with Crippen LogP contribution in [0.4, 0.5) is 16.2 Å². The van der Waals surface area contributed by atoms with Crippen LogP contribution in [0.15, 0.2) is 24.3 Å². The number of carbonyl (C=O) groups is 3. The number of nitro groups is 1. The molecule has 1 saturated heterocycles. The number of hydrogen-bond donors (Lipinski definition) is 1. The summed E-state index contributed by atoms with van der Waals surface area (Å²) in [6.45, 7) is 4.91. The number of nitrogens with zero attached hydrogens (tertiary/aromatic N) is 2. The molecule has 1 aromatic carbocycles. The molecule has 28 heavy (non-hydrogen) atoms. The van der Waals surface area contributed by atoms with Crippen molar-refractivity contribution >= 4 is 29.3 Å². The standard InChI is InChI=1S/C18H23N3O7/c1-18(2,3)28-17(24)20-10-6-9-14(20)16(23)27-11-15(22)19-12-7-4-5-8-13(12)21(25)26/h4-5,7-8,14H,6,9-11H2,1-3H3,(H,19,22)/t14-/m0/s1. The smallest absolute Gasteiger partial charge is 0.411 e. The van der Waals surface area contributed by atoms with Gasteiger partial charge < -0.3 is 14.8 Å². The molecule has 1 heterocycles. The zero-order valence-corrected chi connectivity index (χ0v) is 16.0. The van der Waals surface area contributed by atoms with Gasteiger partial charge in [0.1, 0.15) is 17.3 Å². The van der Waals surface area contributed by atoms with E-state index in [0.717, 1.165) is 0 Å². The van der Waals surface area contributed by atoms with Gasteiger partial charge in [-0.15, -0.1) is 0 Å². The van der Waals surface area contributed by atoms with E-state index in [1.54, 1.807) is 20.8 Å². The first-order chi connectivity index (χ1) is 13.1. The highest BCUT2D eigenvalue weighted by molar-refractivity contribution is 5.95. The number of amides is 2. The third-order valence-electron chi connectivity index (χ3n) is 3.87. The Labute approximate surface area is 161 Å². The molecule has 0 aromatic heterocycles. The molecule has 0 aliphatic carbocycles. The Bertz CT molecular complexity index is 773. The van der Waals surface area contributed by atoms with Gasteiger partial charge in [-0.2, -0.15) is 0 Å². The minimum Gasteiger partial charge on any atom is -0.454 e. The monoisotopic (exact) mass is 393 g/mol. The van der Waals surface area contributed by atoms with Crippen LogP contribution in [0.25, 0.3) is 0 Å². The number of ether oxygens (including phenoxy) is 2. The zero-order chi connectivity index (χ0) is 20.9. The molecule has 0 unspecified atom stereocenters. The van der Waals surface area contributed by atoms with Crippen LogP contribution >= 0.6 is 0 Å². The average molecular weight is 393 g/mol. The molecule has 10 nitrogen and oxygen atoms in total. The number of rotatable bonds is 5. The average Bonchev–Trinajstić information content (AvgIpc) is 3.08. The fourth-order valence-corrected chi connectivity index (χ4v) is 2.71. The van der Waals surface area contributed by atoms with Crippen LogP contribution in [-0.2, 0) is 19.1 Å². The van der Waals surface area contributed by atoms with Gasteiger partial charge in [-0.1, -0.05) is 12.1 Å². The van der Waals surface area contributed by atoms with Gasteiger partial charge in [-0.25, -0.2) is 9.59 Å². The van der Waals surface area contributed by atoms with Crippen LogP contribution in [0.5, 0.6) is 0 Å². The topological polar surface area (TPSA) is 128 Å². The van der Waals surface area contributed by atoms with Gasteiger partial charge >= 0.3 is 12.1 Å². The van der Waals surface area contributed by atoms with Gasteiger partial charge in [0.25, 0.3) is 11.6 Å². The SMILES string of the molecule is CC(C)(C)OC(=O)N1CCC[C@H]1C(=O)OCC(=O)Nc1ccccc1[N+](=O)[O-]. The summed E-state index contributed by atoms with van der Waals surface area (Å²) in [7, 11) is 0. The second-order valence-corrected chi connectivity index (χ2v) is 7.26. The summed E-state index contributed by atoms with van der Waals surface area (Å²) in [5.41, 5.74) is -0.961. The van der Waals surface area contributed by atoms with Crippen molar-refractivity contribution in [3.8, 4) is 0 Å². The van der Waals surface area contributed by atoms with Crippen LogP contribution < -0.4 is 5.32 Å². The number of para-hydroxylation sites is 2. The quantitative estimate of drug-likeness (QED) is 0.462. The van der Waals surface area contributed by atoms with Crippen molar-refractivity contribution in [3.05, 3.63) is 34.4 Å². The third-order valence-corrected chi connectivity index (χ3v) is 3.87. The maximum absolute atomic E-state index is 12.3. The molecular formula is C18H23N3O7. The second-order valence-electron chi connectivity index (χ2n) is 7.26. The van der Waals surface area contributed by atoms with Gasteiger partial charge in [0.15, 0.2) is 6.61 Å². The van der Waals surface area contributed by atoms with Crippen molar-refractivity contribution in [2.24, 2.45) is 0 Å². The van der Waals surface area contributed by atoms with E-state index >= 15 is 0 Å². The van der Waals surface area contributed by atoms with Crippen molar-refractivity contribution in [1.29, 1.82) is 0 Å². The van der Waals surface area contributed by atoms with Gasteiger partial charge in [0.2, 0.25) is 0 Å². The predicted octanol–water partition coefficient (Wildman–Crippen LogP) is 2.48. The Morgan fingerprint density at radius 1 is 1.29 bits per heavy atom. The fourth-order valence-electron chi connectivity index (χ4n) is 2.71. The molecule has 1 fully saturated rings. The summed E-state index contributed by atoms with van der Waals surface area (Å²) in [5.74, 6) is -1.44. The molecule has 152 valence electrons. The van der Waals surface area contributed by atoms with E-state index in [0.29, 0.717) is 19.4 Å². The highest BCUT2D eigenvalue weighted by atomic mass is 16.6. The minimum absolute atomic E-state index is 0.00444. The second kappa shape index (κ2) is 8.68.